The number of rotatable bonds is 6. The highest BCUT2D eigenvalue weighted by Crippen LogP contribution is 2.57. The lowest BCUT2D eigenvalue weighted by atomic mass is 9.80. The van der Waals surface area contributed by atoms with Crippen LogP contribution in [0, 0.1) is 0 Å². The summed E-state index contributed by atoms with van der Waals surface area (Å²) in [5, 5.41) is 24.3. The fraction of sp³-hybridized carbons (Fsp3) is 0.0744. The summed E-state index contributed by atoms with van der Waals surface area (Å²) in [6.07, 6.45) is 0. The van der Waals surface area contributed by atoms with Gasteiger partial charge >= 0.3 is 0 Å². The molecule has 0 atom stereocenters. The zero-order valence-corrected chi connectivity index (χ0v) is 69.5. The second kappa shape index (κ2) is 25.9. The quantitative estimate of drug-likeness (QED) is 0.156. The maximum atomic E-state index is 6.56. The Labute approximate surface area is 717 Å². The molecule has 582 valence electrons. The van der Waals surface area contributed by atoms with Gasteiger partial charge in [0.25, 0.3) is 0 Å². The van der Waals surface area contributed by atoms with E-state index in [1.807, 2.05) is 0 Å². The Hall–Kier alpha value is -15.2. The SMILES string of the molecule is CC1(C)c2ccc(-c3ccc4oc5ccc(-c6c7ccccc7c(-c7ccc8oc9ccc%10ccccc%10c9c8c7)c7ccccc67)cc5c4c3)cc2-c2c1ccc1ccccc21.CC1(C)c2ccccc2-c2ccc(-c3c4ccccc4c(-c4ccc5oc6ccc(-c7ccc8c(c7)-c7c(ccc9ccccc79)C8(C)C)cc6c5c4)c4ccccc34)cc21. The van der Waals surface area contributed by atoms with E-state index >= 15 is 0 Å². The van der Waals surface area contributed by atoms with Gasteiger partial charge in [0.15, 0.2) is 0 Å². The van der Waals surface area contributed by atoms with Crippen molar-refractivity contribution in [3.8, 4) is 100 Å². The second-order valence-electron chi connectivity index (χ2n) is 36.3. The minimum Gasteiger partial charge on any atom is -0.456 e. The Morgan fingerprint density at radius 1 is 0.153 bits per heavy atom. The topological polar surface area (TPSA) is 39.4 Å². The van der Waals surface area contributed by atoms with Gasteiger partial charge in [0, 0.05) is 48.6 Å². The maximum Gasteiger partial charge on any atom is 0.136 e. The summed E-state index contributed by atoms with van der Waals surface area (Å²) in [5.74, 6) is 0. The Bertz CT molecular complexity index is 8730. The molecule has 0 radical (unpaired) electrons. The lowest BCUT2D eigenvalue weighted by Gasteiger charge is -2.23. The van der Waals surface area contributed by atoms with Gasteiger partial charge in [-0.05, 0) is 294 Å². The number of hydrogen-bond acceptors (Lipinski definition) is 3. The molecule has 0 saturated heterocycles. The molecule has 3 aromatic heterocycles. The first-order valence-electron chi connectivity index (χ1n) is 43.5. The Morgan fingerprint density at radius 2 is 0.419 bits per heavy atom. The van der Waals surface area contributed by atoms with E-state index in [1.165, 1.54) is 209 Å². The van der Waals surface area contributed by atoms with Gasteiger partial charge in [-0.2, -0.15) is 0 Å². The highest BCUT2D eigenvalue weighted by atomic mass is 16.3. The van der Waals surface area contributed by atoms with E-state index in [-0.39, 0.29) is 16.2 Å². The zero-order valence-electron chi connectivity index (χ0n) is 69.5. The number of fused-ring (bicyclic) bond motifs is 28. The Morgan fingerprint density at radius 3 is 0.855 bits per heavy atom. The summed E-state index contributed by atoms with van der Waals surface area (Å²) < 4.78 is 19.6. The molecule has 24 aromatic rings. The third-order valence-electron chi connectivity index (χ3n) is 28.7. The largest absolute Gasteiger partial charge is 0.456 e. The van der Waals surface area contributed by atoms with Crippen LogP contribution in [0.1, 0.15) is 74.9 Å². The van der Waals surface area contributed by atoms with Crippen molar-refractivity contribution in [2.45, 2.75) is 57.8 Å². The van der Waals surface area contributed by atoms with E-state index in [2.05, 4.69) is 418 Å². The van der Waals surface area contributed by atoms with Crippen LogP contribution >= 0.6 is 0 Å². The molecule has 0 fully saturated rings. The molecule has 0 aliphatic heterocycles. The summed E-state index contributed by atoms with van der Waals surface area (Å²) in [4.78, 5) is 0. The highest BCUT2D eigenvalue weighted by Gasteiger charge is 2.40. The number of benzene rings is 21. The minimum atomic E-state index is -0.0755. The first-order valence-corrected chi connectivity index (χ1v) is 43.5. The van der Waals surface area contributed by atoms with Crippen molar-refractivity contribution in [3.63, 3.8) is 0 Å². The van der Waals surface area contributed by atoms with Gasteiger partial charge < -0.3 is 13.3 Å². The van der Waals surface area contributed by atoms with Gasteiger partial charge in [0.1, 0.15) is 33.5 Å². The molecule has 3 heterocycles. The summed E-state index contributed by atoms with van der Waals surface area (Å²) in [6.45, 7) is 14.2. The van der Waals surface area contributed by atoms with Crippen LogP contribution in [0.3, 0.4) is 0 Å². The van der Waals surface area contributed by atoms with Crippen LogP contribution < -0.4 is 0 Å². The average molecular weight is 1580 g/mol. The molecule has 0 amide bonds. The summed E-state index contributed by atoms with van der Waals surface area (Å²) in [5.41, 5.74) is 36.2. The molecule has 3 aliphatic carbocycles. The molecule has 3 aliphatic rings. The average Bonchev–Trinajstić information content (AvgIpc) is 1.60. The molecule has 0 unspecified atom stereocenters. The van der Waals surface area contributed by atoms with Gasteiger partial charge in [-0.15, -0.1) is 0 Å². The Balaban J connectivity index is 0.000000133. The van der Waals surface area contributed by atoms with Gasteiger partial charge in [-0.1, -0.05) is 333 Å². The summed E-state index contributed by atoms with van der Waals surface area (Å²) >= 11 is 0. The first kappa shape index (κ1) is 70.7. The van der Waals surface area contributed by atoms with Crippen molar-refractivity contribution in [1.29, 1.82) is 0 Å². The van der Waals surface area contributed by atoms with Gasteiger partial charge in [-0.25, -0.2) is 0 Å². The van der Waals surface area contributed by atoms with Crippen molar-refractivity contribution in [3.05, 3.63) is 409 Å². The lowest BCUT2D eigenvalue weighted by molar-refractivity contribution is 0.660. The van der Waals surface area contributed by atoms with Crippen molar-refractivity contribution in [2.24, 2.45) is 0 Å². The fourth-order valence-electron chi connectivity index (χ4n) is 22.7. The van der Waals surface area contributed by atoms with E-state index in [0.717, 1.165) is 65.8 Å². The van der Waals surface area contributed by atoms with E-state index in [0.29, 0.717) is 0 Å². The van der Waals surface area contributed by atoms with Crippen LogP contribution in [0.15, 0.2) is 389 Å². The monoisotopic (exact) mass is 1580 g/mol. The molecule has 3 heteroatoms. The van der Waals surface area contributed by atoms with E-state index < -0.39 is 0 Å². The predicted molar refractivity (Wildman–Crippen MR) is 523 cm³/mol. The van der Waals surface area contributed by atoms with E-state index in [4.69, 9.17) is 13.3 Å². The van der Waals surface area contributed by atoms with Gasteiger partial charge in [-0.3, -0.25) is 0 Å². The standard InChI is InChI=1S/C61H38O2.C60H42O/c1-61(2)51-25-20-37(32-49(51)59-41-13-5-3-11-35(41)19-26-52(59)61)38-22-27-53-47(31-38)48-33-39(23-28-54(48)62-53)57-43-15-7-9-17-45(43)58(46-18-10-8-16-44(46)57)40-24-29-55-50(34-40)60-42-14-6-4-12-36(42)21-30-56(60)63-55;1-59(2)51-27-23-36(32-49(51)58-40-14-6-5-13-35(40)22-28-52(58)59)37-24-29-54-47(31-37)48-33-38(25-30-55(48)61-54)56-43-16-7-9-18-45(43)57(46-19-10-8-17-44(46)56)39-21-26-42-41-15-11-12-20-50(41)60(3,4)53(42)34-39/h3-34H,1-2H3;5-34H,1-4H3. The number of hydrogen-bond donors (Lipinski definition) is 0. The molecule has 0 bridgehead atoms. The second-order valence-corrected chi connectivity index (χ2v) is 36.3. The van der Waals surface area contributed by atoms with Crippen LogP contribution in [0.5, 0.6) is 0 Å². The molecule has 124 heavy (non-hydrogen) atoms. The maximum absolute atomic E-state index is 6.56. The van der Waals surface area contributed by atoms with E-state index in [9.17, 15) is 0 Å². The van der Waals surface area contributed by atoms with Crippen molar-refractivity contribution < 1.29 is 13.3 Å². The third-order valence-corrected chi connectivity index (χ3v) is 28.7. The lowest BCUT2D eigenvalue weighted by Crippen LogP contribution is -2.14. The minimum absolute atomic E-state index is 0.0640. The van der Waals surface area contributed by atoms with Crippen LogP contribution in [-0.2, 0) is 16.2 Å². The zero-order chi connectivity index (χ0) is 82.3. The molecule has 27 rings (SSSR count). The van der Waals surface area contributed by atoms with Crippen molar-refractivity contribution >= 4 is 141 Å². The predicted octanol–water partition coefficient (Wildman–Crippen LogP) is 34.1. The third kappa shape index (κ3) is 10.1. The van der Waals surface area contributed by atoms with Crippen LogP contribution in [0.25, 0.3) is 241 Å². The molecule has 0 spiro atoms. The summed E-state index contributed by atoms with van der Waals surface area (Å²) in [7, 11) is 0. The van der Waals surface area contributed by atoms with Crippen molar-refractivity contribution in [2.75, 3.05) is 0 Å². The normalized spacial score (nSPS) is 13.9. The first-order chi connectivity index (χ1) is 60.7. The molecule has 3 nitrogen and oxygen atoms in total. The summed E-state index contributed by atoms with van der Waals surface area (Å²) in [6, 6.07) is 139. The smallest absolute Gasteiger partial charge is 0.136 e. The van der Waals surface area contributed by atoms with Gasteiger partial charge in [0.2, 0.25) is 0 Å². The van der Waals surface area contributed by atoms with Crippen LogP contribution in [-0.4, -0.2) is 0 Å². The molecule has 21 aromatic carbocycles. The number of furan rings is 3. The van der Waals surface area contributed by atoms with Crippen molar-refractivity contribution in [1.82, 2.24) is 0 Å². The molecule has 0 N–H and O–H groups in total. The molecule has 0 saturated carbocycles. The molecular formula is C121H80O3. The van der Waals surface area contributed by atoms with Gasteiger partial charge in [0.05, 0.1) is 0 Å². The highest BCUT2D eigenvalue weighted by molar-refractivity contribution is 6.26. The molecular weight excluding hydrogens is 1500 g/mol. The van der Waals surface area contributed by atoms with E-state index in [1.54, 1.807) is 0 Å². The van der Waals surface area contributed by atoms with Crippen LogP contribution in [0.2, 0.25) is 0 Å². The fourth-order valence-corrected chi connectivity index (χ4v) is 22.7. The van der Waals surface area contributed by atoms with Crippen LogP contribution in [0.4, 0.5) is 0 Å². The Kier molecular flexibility index (Phi) is 14.8.